The van der Waals surface area contributed by atoms with Gasteiger partial charge in [-0.15, -0.1) is 0 Å². The molecule has 2 heteroatoms. The van der Waals surface area contributed by atoms with E-state index in [1.807, 2.05) is 33.0 Å². The standard InChI is InChI=1S/C9H13NO/c1-4-11-9-5-8(3)10-6-7(9)2/h5-6H,4H2,1-3H3. The highest BCUT2D eigenvalue weighted by atomic mass is 16.5. The van der Waals surface area contributed by atoms with E-state index in [9.17, 15) is 0 Å². The lowest BCUT2D eigenvalue weighted by Crippen LogP contribution is -1.95. The van der Waals surface area contributed by atoms with Gasteiger partial charge in [-0.3, -0.25) is 4.98 Å². The topological polar surface area (TPSA) is 22.1 Å². The smallest absolute Gasteiger partial charge is 0.125 e. The fraction of sp³-hybridized carbons (Fsp3) is 0.444. The van der Waals surface area contributed by atoms with Gasteiger partial charge in [-0.1, -0.05) is 0 Å². The highest BCUT2D eigenvalue weighted by molar-refractivity contribution is 5.31. The van der Waals surface area contributed by atoms with Crippen LogP contribution in [0.25, 0.3) is 0 Å². The Morgan fingerprint density at radius 3 is 2.82 bits per heavy atom. The maximum atomic E-state index is 5.38. The maximum Gasteiger partial charge on any atom is 0.125 e. The van der Waals surface area contributed by atoms with E-state index in [0.29, 0.717) is 6.61 Å². The van der Waals surface area contributed by atoms with Crippen LogP contribution in [0.5, 0.6) is 5.75 Å². The average molecular weight is 151 g/mol. The van der Waals surface area contributed by atoms with Crippen molar-refractivity contribution < 1.29 is 4.74 Å². The molecule has 0 amide bonds. The third kappa shape index (κ3) is 1.93. The van der Waals surface area contributed by atoms with Gasteiger partial charge >= 0.3 is 0 Å². The molecule has 0 radical (unpaired) electrons. The number of aromatic nitrogens is 1. The molecule has 60 valence electrons. The molecule has 0 N–H and O–H groups in total. The van der Waals surface area contributed by atoms with Crippen molar-refractivity contribution in [3.05, 3.63) is 23.5 Å². The number of ether oxygens (including phenoxy) is 1. The van der Waals surface area contributed by atoms with Crippen LogP contribution in [0.3, 0.4) is 0 Å². The lowest BCUT2D eigenvalue weighted by Gasteiger charge is -2.05. The number of nitrogens with zero attached hydrogens (tertiary/aromatic N) is 1. The van der Waals surface area contributed by atoms with Gasteiger partial charge in [-0.05, 0) is 20.8 Å². The molecule has 0 unspecified atom stereocenters. The van der Waals surface area contributed by atoms with E-state index in [1.165, 1.54) is 0 Å². The van der Waals surface area contributed by atoms with Gasteiger partial charge in [-0.25, -0.2) is 0 Å². The van der Waals surface area contributed by atoms with Crippen LogP contribution in [0, 0.1) is 13.8 Å². The minimum atomic E-state index is 0.713. The van der Waals surface area contributed by atoms with Crippen LogP contribution in [0.1, 0.15) is 18.2 Å². The molecule has 1 heterocycles. The Kier molecular flexibility index (Phi) is 2.47. The fourth-order valence-electron chi connectivity index (χ4n) is 0.914. The summed E-state index contributed by atoms with van der Waals surface area (Å²) in [6.07, 6.45) is 1.83. The molecule has 0 atom stereocenters. The number of hydrogen-bond donors (Lipinski definition) is 0. The molecule has 1 aromatic rings. The lowest BCUT2D eigenvalue weighted by atomic mass is 10.2. The summed E-state index contributed by atoms with van der Waals surface area (Å²) in [5.74, 6) is 0.944. The summed E-state index contributed by atoms with van der Waals surface area (Å²) in [6, 6.07) is 1.96. The SMILES string of the molecule is CCOc1cc(C)ncc1C. The highest BCUT2D eigenvalue weighted by Gasteiger charge is 1.97. The summed E-state index contributed by atoms with van der Waals surface area (Å²) in [4.78, 5) is 4.14. The summed E-state index contributed by atoms with van der Waals surface area (Å²) >= 11 is 0. The molecule has 11 heavy (non-hydrogen) atoms. The van der Waals surface area contributed by atoms with Crippen LogP contribution < -0.4 is 4.74 Å². The Morgan fingerprint density at radius 1 is 1.45 bits per heavy atom. The zero-order chi connectivity index (χ0) is 8.27. The largest absolute Gasteiger partial charge is 0.493 e. The van der Waals surface area contributed by atoms with Gasteiger partial charge in [0.2, 0.25) is 0 Å². The van der Waals surface area contributed by atoms with Gasteiger partial charge < -0.3 is 4.74 Å². The average Bonchev–Trinajstić information content (AvgIpc) is 1.98. The first-order valence-corrected chi connectivity index (χ1v) is 3.80. The lowest BCUT2D eigenvalue weighted by molar-refractivity contribution is 0.337. The number of aryl methyl sites for hydroxylation is 2. The van der Waals surface area contributed by atoms with E-state index in [1.54, 1.807) is 0 Å². The molecule has 0 aromatic carbocycles. The zero-order valence-corrected chi connectivity index (χ0v) is 7.22. The molecule has 2 nitrogen and oxygen atoms in total. The molecule has 1 aromatic heterocycles. The van der Waals surface area contributed by atoms with Crippen molar-refractivity contribution in [1.29, 1.82) is 0 Å². The number of rotatable bonds is 2. The first kappa shape index (κ1) is 8.05. The Labute approximate surface area is 67.2 Å². The summed E-state index contributed by atoms with van der Waals surface area (Å²) < 4.78 is 5.38. The first-order chi connectivity index (χ1) is 5.24. The van der Waals surface area contributed by atoms with E-state index in [-0.39, 0.29) is 0 Å². The van der Waals surface area contributed by atoms with Crippen LogP contribution >= 0.6 is 0 Å². The predicted molar refractivity (Wildman–Crippen MR) is 44.9 cm³/mol. The summed E-state index contributed by atoms with van der Waals surface area (Å²) in [5.41, 5.74) is 2.09. The molecule has 0 spiro atoms. The minimum Gasteiger partial charge on any atom is -0.493 e. The molecular formula is C9H13NO. The molecule has 0 aliphatic rings. The molecule has 0 bridgehead atoms. The van der Waals surface area contributed by atoms with Crippen LogP contribution in [-0.2, 0) is 0 Å². The zero-order valence-electron chi connectivity index (χ0n) is 7.22. The molecule has 0 saturated heterocycles. The van der Waals surface area contributed by atoms with Gasteiger partial charge in [0.15, 0.2) is 0 Å². The Balaban J connectivity index is 2.93. The Morgan fingerprint density at radius 2 is 2.18 bits per heavy atom. The molecule has 0 saturated carbocycles. The summed E-state index contributed by atoms with van der Waals surface area (Å²) in [6.45, 7) is 6.65. The molecule has 0 fully saturated rings. The van der Waals surface area contributed by atoms with Crippen molar-refractivity contribution in [3.63, 3.8) is 0 Å². The van der Waals surface area contributed by atoms with Gasteiger partial charge in [0, 0.05) is 23.5 Å². The van der Waals surface area contributed by atoms with Crippen molar-refractivity contribution in [2.24, 2.45) is 0 Å². The second-order valence-corrected chi connectivity index (χ2v) is 2.52. The van der Waals surface area contributed by atoms with E-state index in [2.05, 4.69) is 4.98 Å². The first-order valence-electron chi connectivity index (χ1n) is 3.80. The Hall–Kier alpha value is -1.05. The monoisotopic (exact) mass is 151 g/mol. The van der Waals surface area contributed by atoms with Gasteiger partial charge in [-0.2, -0.15) is 0 Å². The van der Waals surface area contributed by atoms with Crippen molar-refractivity contribution >= 4 is 0 Å². The van der Waals surface area contributed by atoms with Gasteiger partial charge in [0.25, 0.3) is 0 Å². The molecular weight excluding hydrogens is 138 g/mol. The highest BCUT2D eigenvalue weighted by Crippen LogP contribution is 2.16. The van der Waals surface area contributed by atoms with Gasteiger partial charge in [0.05, 0.1) is 6.61 Å². The van der Waals surface area contributed by atoms with Crippen LogP contribution in [0.15, 0.2) is 12.3 Å². The number of pyridine rings is 1. The minimum absolute atomic E-state index is 0.713. The van der Waals surface area contributed by atoms with Crippen LogP contribution in [-0.4, -0.2) is 11.6 Å². The summed E-state index contributed by atoms with van der Waals surface area (Å²) in [7, 11) is 0. The Bertz CT molecular complexity index is 245. The van der Waals surface area contributed by atoms with Crippen molar-refractivity contribution in [3.8, 4) is 5.75 Å². The predicted octanol–water partition coefficient (Wildman–Crippen LogP) is 2.10. The molecule has 1 rings (SSSR count). The second-order valence-electron chi connectivity index (χ2n) is 2.52. The maximum absolute atomic E-state index is 5.38. The molecule has 0 aliphatic carbocycles. The van der Waals surface area contributed by atoms with Crippen molar-refractivity contribution in [2.75, 3.05) is 6.61 Å². The van der Waals surface area contributed by atoms with E-state index in [4.69, 9.17) is 4.74 Å². The van der Waals surface area contributed by atoms with E-state index < -0.39 is 0 Å². The van der Waals surface area contributed by atoms with Crippen molar-refractivity contribution in [2.45, 2.75) is 20.8 Å². The molecule has 0 aliphatic heterocycles. The normalized spacial score (nSPS) is 9.73. The summed E-state index contributed by atoms with van der Waals surface area (Å²) in [5, 5.41) is 0. The van der Waals surface area contributed by atoms with Crippen LogP contribution in [0.4, 0.5) is 0 Å². The number of hydrogen-bond acceptors (Lipinski definition) is 2. The van der Waals surface area contributed by atoms with E-state index in [0.717, 1.165) is 17.0 Å². The quantitative estimate of drug-likeness (QED) is 0.645. The van der Waals surface area contributed by atoms with Crippen LogP contribution in [0.2, 0.25) is 0 Å². The third-order valence-electron chi connectivity index (χ3n) is 1.49. The third-order valence-corrected chi connectivity index (χ3v) is 1.49. The van der Waals surface area contributed by atoms with Crippen molar-refractivity contribution in [1.82, 2.24) is 4.98 Å². The van der Waals surface area contributed by atoms with Gasteiger partial charge in [0.1, 0.15) is 5.75 Å². The second kappa shape index (κ2) is 3.37. The fourth-order valence-corrected chi connectivity index (χ4v) is 0.914. The van der Waals surface area contributed by atoms with E-state index >= 15 is 0 Å².